The number of nitrogens with one attached hydrogen (secondary N) is 5. The van der Waals surface area contributed by atoms with E-state index in [1.54, 1.807) is 36.4 Å². The second-order valence-corrected chi connectivity index (χ2v) is 13.6. The zero-order valence-corrected chi connectivity index (χ0v) is 32.0. The van der Waals surface area contributed by atoms with Gasteiger partial charge in [-0.2, -0.15) is 0 Å². The molecule has 0 saturated heterocycles. The second kappa shape index (κ2) is 20.6. The van der Waals surface area contributed by atoms with E-state index in [0.29, 0.717) is 35.2 Å². The third-order valence-corrected chi connectivity index (χ3v) is 9.23. The fourth-order valence-corrected chi connectivity index (χ4v) is 6.32. The lowest BCUT2D eigenvalue weighted by molar-refractivity contribution is -0.127. The Morgan fingerprint density at radius 2 is 1.36 bits per heavy atom. The maximum atomic E-state index is 14.0. The van der Waals surface area contributed by atoms with Crippen molar-refractivity contribution in [2.24, 2.45) is 38.7 Å². The van der Waals surface area contributed by atoms with E-state index >= 15 is 0 Å². The largest absolute Gasteiger partial charge is 0.370 e. The number of aromatic nitrogens is 1. The lowest BCUT2D eigenvalue weighted by Crippen LogP contribution is -2.51. The fraction of sp³-hybridized carbons (Fsp3) is 0.238. The molecule has 0 aliphatic heterocycles. The van der Waals surface area contributed by atoms with E-state index in [1.807, 2.05) is 72.9 Å². The van der Waals surface area contributed by atoms with Crippen LogP contribution in [-0.4, -0.2) is 78.3 Å². The Morgan fingerprint density at radius 1 is 0.672 bits per heavy atom. The molecule has 0 saturated carbocycles. The minimum absolute atomic E-state index is 0.0704. The summed E-state index contributed by atoms with van der Waals surface area (Å²) in [5.74, 6) is -1.94. The maximum Gasteiger partial charge on any atom is 0.251 e. The number of nitrogens with two attached hydrogens (primary N) is 5. The SMILES string of the molecule is NC(N)=NCCC[C@H](NC(=O)c1cccc(-c2cccc(NC(=O)[C@H](Cc3c[nH]c4ccccc34)NC(=O)[C@@H](N)Cc3ccccc3)c2)c1)C(=O)NCCN=C(N)N. The molecule has 0 fully saturated rings. The van der Waals surface area contributed by atoms with Gasteiger partial charge in [0.05, 0.1) is 12.6 Å². The number of guanidine groups is 2. The molecule has 0 radical (unpaired) electrons. The zero-order chi connectivity index (χ0) is 41.4. The van der Waals surface area contributed by atoms with Gasteiger partial charge in [-0.3, -0.25) is 29.2 Å². The van der Waals surface area contributed by atoms with Gasteiger partial charge in [0.15, 0.2) is 11.9 Å². The van der Waals surface area contributed by atoms with Gasteiger partial charge in [0.2, 0.25) is 17.7 Å². The number of anilines is 1. The van der Waals surface area contributed by atoms with Gasteiger partial charge in [-0.05, 0) is 71.8 Å². The molecule has 58 heavy (non-hydrogen) atoms. The third kappa shape index (κ3) is 12.4. The van der Waals surface area contributed by atoms with E-state index in [-0.39, 0.29) is 44.4 Å². The Kier molecular flexibility index (Phi) is 14.9. The van der Waals surface area contributed by atoms with Gasteiger partial charge >= 0.3 is 0 Å². The summed E-state index contributed by atoms with van der Waals surface area (Å²) in [5, 5.41) is 12.3. The number of fused-ring (bicyclic) bond motifs is 1. The van der Waals surface area contributed by atoms with Crippen LogP contribution >= 0.6 is 0 Å². The van der Waals surface area contributed by atoms with Crippen LogP contribution in [0.5, 0.6) is 0 Å². The number of para-hydroxylation sites is 1. The van der Waals surface area contributed by atoms with E-state index in [9.17, 15) is 19.2 Å². The summed E-state index contributed by atoms with van der Waals surface area (Å²) in [6.45, 7) is 0.611. The Labute approximate surface area is 336 Å². The van der Waals surface area contributed by atoms with Gasteiger partial charge in [-0.15, -0.1) is 0 Å². The van der Waals surface area contributed by atoms with Gasteiger partial charge in [-0.25, -0.2) is 0 Å². The van der Waals surface area contributed by atoms with Gasteiger partial charge in [-0.1, -0.05) is 72.8 Å². The summed E-state index contributed by atoms with van der Waals surface area (Å²) in [7, 11) is 0. The van der Waals surface area contributed by atoms with Crippen molar-refractivity contribution in [2.75, 3.05) is 25.0 Å². The van der Waals surface area contributed by atoms with Crippen LogP contribution in [0.1, 0.15) is 34.3 Å². The monoisotopic (exact) mass is 786 g/mol. The molecule has 0 aliphatic carbocycles. The van der Waals surface area contributed by atoms with Crippen LogP contribution in [0, 0.1) is 0 Å². The number of benzene rings is 4. The number of carbonyl (C=O) groups excluding carboxylic acids is 4. The molecule has 0 unspecified atom stereocenters. The predicted molar refractivity (Wildman–Crippen MR) is 227 cm³/mol. The first-order valence-electron chi connectivity index (χ1n) is 18.8. The van der Waals surface area contributed by atoms with Gasteiger partial charge in [0.25, 0.3) is 5.91 Å². The molecule has 16 heteroatoms. The minimum atomic E-state index is -0.958. The molecule has 5 rings (SSSR count). The first-order chi connectivity index (χ1) is 28.0. The average molecular weight is 787 g/mol. The Morgan fingerprint density at radius 3 is 2.12 bits per heavy atom. The highest BCUT2D eigenvalue weighted by molar-refractivity contribution is 6.00. The first kappa shape index (κ1) is 42.0. The topological polar surface area (TPSA) is 287 Å². The van der Waals surface area contributed by atoms with E-state index in [1.165, 1.54) is 0 Å². The standard InChI is InChI=1S/C42H50N12O4/c43-33(21-26-9-2-1-3-10-26)38(56)54-36(24-30-25-51-34-16-5-4-15-32(30)34)40(58)52-31-14-7-12-28(23-31)27-11-6-13-29(22-27)37(55)53-35(17-8-18-49-41(44)45)39(57)48-19-20-50-42(46)47/h1-7,9-16,22-23,25,33,35-36,51H,8,17-21,24,43H2,(H,48,57)(H,52,58)(H,53,55)(H,54,56)(H4,44,45,49)(H4,46,47,50)/t33-,35-,36-/m0/s1. The van der Waals surface area contributed by atoms with Crippen molar-refractivity contribution in [1.82, 2.24) is 20.9 Å². The minimum Gasteiger partial charge on any atom is -0.370 e. The molecule has 0 aliphatic rings. The van der Waals surface area contributed by atoms with Crippen molar-refractivity contribution in [3.8, 4) is 11.1 Å². The average Bonchev–Trinajstić information content (AvgIpc) is 3.63. The number of rotatable bonds is 19. The molecular formula is C42H50N12O4. The summed E-state index contributed by atoms with van der Waals surface area (Å²) in [6.07, 6.45) is 3.04. The zero-order valence-electron chi connectivity index (χ0n) is 32.0. The van der Waals surface area contributed by atoms with Crippen LogP contribution in [0.4, 0.5) is 5.69 Å². The molecule has 0 bridgehead atoms. The molecule has 1 heterocycles. The van der Waals surface area contributed by atoms with Crippen molar-refractivity contribution in [1.29, 1.82) is 0 Å². The number of nitrogens with zero attached hydrogens (tertiary/aromatic N) is 2. The molecule has 4 aromatic carbocycles. The highest BCUT2D eigenvalue weighted by atomic mass is 16.2. The van der Waals surface area contributed by atoms with Crippen molar-refractivity contribution < 1.29 is 19.2 Å². The molecule has 3 atom stereocenters. The van der Waals surface area contributed by atoms with Crippen LogP contribution in [0.15, 0.2) is 119 Å². The smallest absolute Gasteiger partial charge is 0.251 e. The van der Waals surface area contributed by atoms with E-state index in [0.717, 1.165) is 22.0 Å². The number of carbonyl (C=O) groups is 4. The third-order valence-electron chi connectivity index (χ3n) is 9.23. The second-order valence-electron chi connectivity index (χ2n) is 13.6. The summed E-state index contributed by atoms with van der Waals surface area (Å²) in [6, 6.07) is 28.5. The molecule has 1 aromatic heterocycles. The van der Waals surface area contributed by atoms with Crippen LogP contribution in [0.3, 0.4) is 0 Å². The summed E-state index contributed by atoms with van der Waals surface area (Å²) >= 11 is 0. The lowest BCUT2D eigenvalue weighted by Gasteiger charge is -2.21. The van der Waals surface area contributed by atoms with Crippen LogP contribution < -0.4 is 49.9 Å². The predicted octanol–water partition coefficient (Wildman–Crippen LogP) is 1.61. The normalized spacial score (nSPS) is 12.4. The molecular weight excluding hydrogens is 737 g/mol. The molecule has 4 amide bonds. The number of hydrogen-bond acceptors (Lipinski definition) is 7. The van der Waals surface area contributed by atoms with Crippen molar-refractivity contribution in [3.05, 3.63) is 126 Å². The van der Waals surface area contributed by atoms with Gasteiger partial charge in [0, 0.05) is 47.9 Å². The van der Waals surface area contributed by atoms with Crippen LogP contribution in [0.2, 0.25) is 0 Å². The molecule has 15 N–H and O–H groups in total. The van der Waals surface area contributed by atoms with Crippen LogP contribution in [-0.2, 0) is 27.2 Å². The van der Waals surface area contributed by atoms with Crippen molar-refractivity contribution in [2.45, 2.75) is 43.8 Å². The van der Waals surface area contributed by atoms with Gasteiger partial charge in [0.1, 0.15) is 12.1 Å². The number of amides is 4. The van der Waals surface area contributed by atoms with Crippen LogP contribution in [0.25, 0.3) is 22.0 Å². The Hall–Kier alpha value is -7.20. The van der Waals surface area contributed by atoms with Crippen molar-refractivity contribution in [3.63, 3.8) is 0 Å². The van der Waals surface area contributed by atoms with E-state index < -0.39 is 41.8 Å². The summed E-state index contributed by atoms with van der Waals surface area (Å²) in [4.78, 5) is 65.0. The number of aromatic amines is 1. The number of hydrogen-bond donors (Lipinski definition) is 10. The summed E-state index contributed by atoms with van der Waals surface area (Å²) < 4.78 is 0. The maximum absolute atomic E-state index is 14.0. The number of H-pyrrole nitrogens is 1. The Balaban J connectivity index is 1.30. The van der Waals surface area contributed by atoms with Gasteiger partial charge < -0.3 is 54.9 Å². The fourth-order valence-electron chi connectivity index (χ4n) is 6.32. The number of aliphatic imine (C=N–C) groups is 2. The highest BCUT2D eigenvalue weighted by Crippen LogP contribution is 2.25. The van der Waals surface area contributed by atoms with Crippen molar-refractivity contribution >= 4 is 52.1 Å². The van der Waals surface area contributed by atoms with E-state index in [4.69, 9.17) is 28.7 Å². The molecule has 302 valence electrons. The lowest BCUT2D eigenvalue weighted by atomic mass is 10.0. The molecule has 0 spiro atoms. The quantitative estimate of drug-likeness (QED) is 0.0330. The molecule has 16 nitrogen and oxygen atoms in total. The molecule has 5 aromatic rings. The Bertz CT molecular complexity index is 2250. The summed E-state index contributed by atoms with van der Waals surface area (Å²) in [5.41, 5.74) is 32.8. The highest BCUT2D eigenvalue weighted by Gasteiger charge is 2.26. The first-order valence-corrected chi connectivity index (χ1v) is 18.8. The van der Waals surface area contributed by atoms with E-state index in [2.05, 4.69) is 36.2 Å².